The van der Waals surface area contributed by atoms with E-state index in [2.05, 4.69) is 5.32 Å². The van der Waals surface area contributed by atoms with E-state index in [0.29, 0.717) is 17.8 Å². The number of carbonyl (C=O) groups is 2. The second-order valence-electron chi connectivity index (χ2n) is 4.38. The number of carbonyl (C=O) groups excluding carboxylic acids is 2. The molecular weight excluding hydrogens is 218 g/mol. The van der Waals surface area contributed by atoms with Crippen LogP contribution in [0.1, 0.15) is 23.2 Å². The van der Waals surface area contributed by atoms with E-state index in [9.17, 15) is 9.59 Å². The van der Waals surface area contributed by atoms with Crippen molar-refractivity contribution in [3.63, 3.8) is 0 Å². The van der Waals surface area contributed by atoms with E-state index in [1.54, 1.807) is 24.3 Å². The maximum atomic E-state index is 11.9. The van der Waals surface area contributed by atoms with Gasteiger partial charge in [0, 0.05) is 17.8 Å². The molecule has 0 saturated heterocycles. The van der Waals surface area contributed by atoms with E-state index in [4.69, 9.17) is 11.5 Å². The van der Waals surface area contributed by atoms with Crippen LogP contribution in [0.2, 0.25) is 0 Å². The highest BCUT2D eigenvalue weighted by Crippen LogP contribution is 2.45. The van der Waals surface area contributed by atoms with Gasteiger partial charge in [0.05, 0.1) is 5.41 Å². The molecule has 17 heavy (non-hydrogen) atoms. The molecule has 1 fully saturated rings. The summed E-state index contributed by atoms with van der Waals surface area (Å²) in [5.74, 6) is -0.532. The van der Waals surface area contributed by atoms with Gasteiger partial charge in [0.15, 0.2) is 0 Å². The maximum absolute atomic E-state index is 11.9. The Hall–Kier alpha value is -1.88. The smallest absolute Gasteiger partial charge is 0.248 e. The van der Waals surface area contributed by atoms with Gasteiger partial charge in [-0.3, -0.25) is 9.59 Å². The molecule has 5 heteroatoms. The predicted molar refractivity (Wildman–Crippen MR) is 64.3 cm³/mol. The molecule has 0 spiro atoms. The van der Waals surface area contributed by atoms with Crippen molar-refractivity contribution in [2.45, 2.75) is 12.8 Å². The summed E-state index contributed by atoms with van der Waals surface area (Å²) in [6.45, 7) is 0.373. The van der Waals surface area contributed by atoms with E-state index in [0.717, 1.165) is 12.8 Å². The fourth-order valence-electron chi connectivity index (χ4n) is 1.66. The average molecular weight is 233 g/mol. The van der Waals surface area contributed by atoms with Gasteiger partial charge in [0.1, 0.15) is 0 Å². The van der Waals surface area contributed by atoms with Crippen molar-refractivity contribution in [3.8, 4) is 0 Å². The maximum Gasteiger partial charge on any atom is 0.248 e. The van der Waals surface area contributed by atoms with E-state index in [1.807, 2.05) is 0 Å². The zero-order valence-electron chi connectivity index (χ0n) is 9.40. The van der Waals surface area contributed by atoms with Crippen LogP contribution >= 0.6 is 0 Å². The third-order valence-corrected chi connectivity index (χ3v) is 3.15. The lowest BCUT2D eigenvalue weighted by atomic mass is 10.1. The number of nitrogens with one attached hydrogen (secondary N) is 1. The number of nitrogens with two attached hydrogens (primary N) is 2. The van der Waals surface area contributed by atoms with Gasteiger partial charge in [0.2, 0.25) is 11.8 Å². The number of hydrogen-bond acceptors (Lipinski definition) is 3. The number of hydrogen-bond donors (Lipinski definition) is 3. The fourth-order valence-corrected chi connectivity index (χ4v) is 1.66. The van der Waals surface area contributed by atoms with Gasteiger partial charge >= 0.3 is 0 Å². The van der Waals surface area contributed by atoms with E-state index >= 15 is 0 Å². The first-order valence-electron chi connectivity index (χ1n) is 5.49. The van der Waals surface area contributed by atoms with Crippen LogP contribution in [0.25, 0.3) is 0 Å². The normalized spacial score (nSPS) is 16.3. The van der Waals surface area contributed by atoms with Crippen LogP contribution in [0.3, 0.4) is 0 Å². The Bertz CT molecular complexity index is 449. The third kappa shape index (κ3) is 2.29. The van der Waals surface area contributed by atoms with Crippen molar-refractivity contribution in [3.05, 3.63) is 29.8 Å². The lowest BCUT2D eigenvalue weighted by Crippen LogP contribution is -2.30. The first-order chi connectivity index (χ1) is 8.07. The average Bonchev–Trinajstić information content (AvgIpc) is 3.10. The van der Waals surface area contributed by atoms with Crippen LogP contribution in [0, 0.1) is 5.41 Å². The number of rotatable bonds is 4. The van der Waals surface area contributed by atoms with Crippen molar-refractivity contribution in [1.82, 2.24) is 0 Å². The summed E-state index contributed by atoms with van der Waals surface area (Å²) in [4.78, 5) is 22.7. The van der Waals surface area contributed by atoms with Gasteiger partial charge in [-0.2, -0.15) is 0 Å². The number of benzene rings is 1. The van der Waals surface area contributed by atoms with Gasteiger partial charge in [0.25, 0.3) is 0 Å². The molecule has 0 aliphatic heterocycles. The molecule has 0 atom stereocenters. The van der Waals surface area contributed by atoms with E-state index in [-0.39, 0.29) is 11.3 Å². The Morgan fingerprint density at radius 1 is 1.24 bits per heavy atom. The van der Waals surface area contributed by atoms with E-state index < -0.39 is 5.91 Å². The number of amides is 2. The van der Waals surface area contributed by atoms with Crippen molar-refractivity contribution in [2.24, 2.45) is 16.9 Å². The highest BCUT2D eigenvalue weighted by molar-refractivity contribution is 5.98. The lowest BCUT2D eigenvalue weighted by molar-refractivity contribution is -0.120. The topological polar surface area (TPSA) is 98.2 Å². The standard InChI is InChI=1S/C12H15N3O2/c13-7-12(5-6-12)11(17)15-9-3-1-8(2-4-9)10(14)16/h1-4H,5-7,13H2,(H2,14,16)(H,15,17). The summed E-state index contributed by atoms with van der Waals surface area (Å²) < 4.78 is 0. The van der Waals surface area contributed by atoms with Crippen molar-refractivity contribution in [1.29, 1.82) is 0 Å². The summed E-state index contributed by atoms with van der Waals surface area (Å²) in [5, 5.41) is 2.79. The fraction of sp³-hybridized carbons (Fsp3) is 0.333. The van der Waals surface area contributed by atoms with E-state index in [1.165, 1.54) is 0 Å². The lowest BCUT2D eigenvalue weighted by Gasteiger charge is -2.12. The number of primary amides is 1. The van der Waals surface area contributed by atoms with Crippen molar-refractivity contribution < 1.29 is 9.59 Å². The third-order valence-electron chi connectivity index (χ3n) is 3.15. The monoisotopic (exact) mass is 233 g/mol. The summed E-state index contributed by atoms with van der Waals surface area (Å²) in [6, 6.07) is 6.48. The molecule has 0 radical (unpaired) electrons. The summed E-state index contributed by atoms with van der Waals surface area (Å²) in [6.07, 6.45) is 1.68. The Labute approximate surface area is 99.2 Å². The van der Waals surface area contributed by atoms with Crippen molar-refractivity contribution in [2.75, 3.05) is 11.9 Å². The first kappa shape index (κ1) is 11.6. The zero-order valence-corrected chi connectivity index (χ0v) is 9.40. The van der Waals surface area contributed by atoms with Crippen molar-refractivity contribution >= 4 is 17.5 Å². The minimum absolute atomic E-state index is 0.0492. The molecular formula is C12H15N3O2. The Kier molecular flexibility index (Phi) is 2.85. The summed E-state index contributed by atoms with van der Waals surface area (Å²) >= 11 is 0. The molecule has 2 rings (SSSR count). The van der Waals surface area contributed by atoms with Gasteiger partial charge in [-0.05, 0) is 37.1 Å². The van der Waals surface area contributed by atoms with Crippen LogP contribution in [0.15, 0.2) is 24.3 Å². The van der Waals surface area contributed by atoms with Crippen LogP contribution in [0.4, 0.5) is 5.69 Å². The molecule has 5 nitrogen and oxygen atoms in total. The van der Waals surface area contributed by atoms with Crippen LogP contribution < -0.4 is 16.8 Å². The second kappa shape index (κ2) is 4.18. The molecule has 5 N–H and O–H groups in total. The first-order valence-corrected chi connectivity index (χ1v) is 5.49. The molecule has 1 aromatic carbocycles. The molecule has 0 heterocycles. The van der Waals surface area contributed by atoms with Gasteiger partial charge in [-0.15, -0.1) is 0 Å². The molecule has 1 aromatic rings. The minimum atomic E-state index is -0.483. The van der Waals surface area contributed by atoms with Gasteiger partial charge in [-0.1, -0.05) is 0 Å². The quantitative estimate of drug-likeness (QED) is 0.704. The summed E-state index contributed by atoms with van der Waals surface area (Å²) in [7, 11) is 0. The van der Waals surface area contributed by atoms with Gasteiger partial charge in [-0.25, -0.2) is 0 Å². The second-order valence-corrected chi connectivity index (χ2v) is 4.38. The molecule has 0 bridgehead atoms. The molecule has 0 aromatic heterocycles. The predicted octanol–water partition coefficient (Wildman–Crippen LogP) is 0.463. The minimum Gasteiger partial charge on any atom is -0.366 e. The van der Waals surface area contributed by atoms with Crippen LogP contribution in [-0.4, -0.2) is 18.4 Å². The Morgan fingerprint density at radius 3 is 2.24 bits per heavy atom. The highest BCUT2D eigenvalue weighted by Gasteiger charge is 2.48. The summed E-state index contributed by atoms with van der Waals surface area (Å²) in [5.41, 5.74) is 11.4. The van der Waals surface area contributed by atoms with Gasteiger partial charge < -0.3 is 16.8 Å². The molecule has 1 aliphatic rings. The largest absolute Gasteiger partial charge is 0.366 e. The molecule has 2 amide bonds. The molecule has 0 unspecified atom stereocenters. The Balaban J connectivity index is 2.04. The molecule has 90 valence electrons. The van der Waals surface area contributed by atoms with Crippen LogP contribution in [-0.2, 0) is 4.79 Å². The number of anilines is 1. The highest BCUT2D eigenvalue weighted by atomic mass is 16.2. The molecule has 1 aliphatic carbocycles. The Morgan fingerprint density at radius 2 is 1.82 bits per heavy atom. The molecule has 1 saturated carbocycles. The zero-order chi connectivity index (χ0) is 12.5. The SMILES string of the molecule is NCC1(C(=O)Nc2ccc(C(N)=O)cc2)CC1. The van der Waals surface area contributed by atoms with Crippen LogP contribution in [0.5, 0.6) is 0 Å².